The summed E-state index contributed by atoms with van der Waals surface area (Å²) in [6.07, 6.45) is 3.35. The molecule has 0 fully saturated rings. The van der Waals surface area contributed by atoms with E-state index in [-0.39, 0.29) is 5.69 Å². The van der Waals surface area contributed by atoms with Crippen molar-refractivity contribution >= 4 is 23.1 Å². The van der Waals surface area contributed by atoms with Gasteiger partial charge >= 0.3 is 0 Å². The number of anilines is 3. The molecule has 2 rings (SSSR count). The van der Waals surface area contributed by atoms with E-state index < -0.39 is 5.91 Å². The van der Waals surface area contributed by atoms with Crippen molar-refractivity contribution in [3.05, 3.63) is 42.4 Å². The molecule has 1 amide bonds. The monoisotopic (exact) mass is 243 g/mol. The Kier molecular flexibility index (Phi) is 3.09. The summed E-state index contributed by atoms with van der Waals surface area (Å²) in [7, 11) is 1.79. The van der Waals surface area contributed by atoms with Crippen molar-refractivity contribution in [1.29, 1.82) is 0 Å². The number of carbonyl (C=O) groups excluding carboxylic acids is 1. The standard InChI is InChI=1S/C12H13N5O/c1-17(8-3-2-6-15-7-8)12-9(13)4-5-10(16-12)11(14)18/h2-7H,13H2,1H3,(H2,14,18). The zero-order valence-corrected chi connectivity index (χ0v) is 9.87. The molecule has 0 saturated carbocycles. The molecule has 0 unspecified atom stereocenters. The topological polar surface area (TPSA) is 98.1 Å². The summed E-state index contributed by atoms with van der Waals surface area (Å²) in [5, 5.41) is 0. The number of hydrogen-bond acceptors (Lipinski definition) is 5. The third-order valence-corrected chi connectivity index (χ3v) is 2.51. The maximum atomic E-state index is 11.1. The minimum atomic E-state index is -0.587. The predicted octanol–water partition coefficient (Wildman–Crippen LogP) is 0.926. The molecule has 2 aromatic heterocycles. The van der Waals surface area contributed by atoms with E-state index in [2.05, 4.69) is 9.97 Å². The number of nitrogens with two attached hydrogens (primary N) is 2. The van der Waals surface area contributed by atoms with Gasteiger partial charge in [0.15, 0.2) is 5.82 Å². The highest BCUT2D eigenvalue weighted by molar-refractivity contribution is 5.92. The Morgan fingerprint density at radius 1 is 1.33 bits per heavy atom. The van der Waals surface area contributed by atoms with E-state index in [1.54, 1.807) is 36.5 Å². The lowest BCUT2D eigenvalue weighted by Crippen LogP contribution is -2.18. The van der Waals surface area contributed by atoms with E-state index in [0.29, 0.717) is 11.5 Å². The first-order valence-corrected chi connectivity index (χ1v) is 5.29. The first-order valence-electron chi connectivity index (χ1n) is 5.29. The van der Waals surface area contributed by atoms with E-state index in [0.717, 1.165) is 5.69 Å². The van der Waals surface area contributed by atoms with Gasteiger partial charge in [0.1, 0.15) is 5.69 Å². The second-order valence-corrected chi connectivity index (χ2v) is 3.74. The van der Waals surface area contributed by atoms with Crippen molar-refractivity contribution in [3.63, 3.8) is 0 Å². The molecule has 0 bridgehead atoms. The summed E-state index contributed by atoms with van der Waals surface area (Å²) in [6, 6.07) is 6.78. The van der Waals surface area contributed by atoms with Crippen LogP contribution in [0.4, 0.5) is 17.2 Å². The third kappa shape index (κ3) is 2.22. The molecule has 0 radical (unpaired) electrons. The number of nitrogens with zero attached hydrogens (tertiary/aromatic N) is 3. The van der Waals surface area contributed by atoms with Gasteiger partial charge in [-0.3, -0.25) is 9.78 Å². The van der Waals surface area contributed by atoms with Crippen molar-refractivity contribution in [2.24, 2.45) is 5.73 Å². The molecule has 0 aliphatic heterocycles. The molecule has 6 nitrogen and oxygen atoms in total. The first kappa shape index (κ1) is 11.8. The minimum absolute atomic E-state index is 0.176. The summed E-state index contributed by atoms with van der Waals surface area (Å²) in [4.78, 5) is 21.0. The number of primary amides is 1. The minimum Gasteiger partial charge on any atom is -0.396 e. The second-order valence-electron chi connectivity index (χ2n) is 3.74. The Hall–Kier alpha value is -2.63. The van der Waals surface area contributed by atoms with Gasteiger partial charge in [0.2, 0.25) is 0 Å². The van der Waals surface area contributed by atoms with E-state index in [1.807, 2.05) is 6.07 Å². The lowest BCUT2D eigenvalue weighted by atomic mass is 10.3. The average molecular weight is 243 g/mol. The number of nitrogen functional groups attached to an aromatic ring is 1. The lowest BCUT2D eigenvalue weighted by Gasteiger charge is -2.19. The molecule has 2 heterocycles. The molecule has 18 heavy (non-hydrogen) atoms. The molecular formula is C12H13N5O. The number of aromatic nitrogens is 2. The SMILES string of the molecule is CN(c1cccnc1)c1nc(C(N)=O)ccc1N. The van der Waals surface area contributed by atoms with Gasteiger partial charge in [-0.1, -0.05) is 0 Å². The number of carbonyl (C=O) groups is 1. The third-order valence-electron chi connectivity index (χ3n) is 2.51. The molecule has 2 aromatic rings. The van der Waals surface area contributed by atoms with Crippen LogP contribution in [0.15, 0.2) is 36.7 Å². The van der Waals surface area contributed by atoms with Crippen molar-refractivity contribution in [3.8, 4) is 0 Å². The van der Waals surface area contributed by atoms with Crippen LogP contribution in [0.3, 0.4) is 0 Å². The molecule has 0 aliphatic carbocycles. The molecule has 0 aliphatic rings. The van der Waals surface area contributed by atoms with Crippen LogP contribution in [0.25, 0.3) is 0 Å². The highest BCUT2D eigenvalue weighted by atomic mass is 16.1. The van der Waals surface area contributed by atoms with Gasteiger partial charge in [0.25, 0.3) is 5.91 Å². The van der Waals surface area contributed by atoms with Gasteiger partial charge in [-0.05, 0) is 24.3 Å². The summed E-state index contributed by atoms with van der Waals surface area (Å²) in [5.41, 5.74) is 12.5. The number of pyridine rings is 2. The second kappa shape index (κ2) is 4.70. The van der Waals surface area contributed by atoms with E-state index in [4.69, 9.17) is 11.5 Å². The van der Waals surface area contributed by atoms with Gasteiger partial charge in [0, 0.05) is 13.2 Å². The lowest BCUT2D eigenvalue weighted by molar-refractivity contribution is 0.0995. The first-order chi connectivity index (χ1) is 8.59. The summed E-state index contributed by atoms with van der Waals surface area (Å²) >= 11 is 0. The Labute approximate surface area is 104 Å². The van der Waals surface area contributed by atoms with Gasteiger partial charge in [-0.2, -0.15) is 0 Å². The summed E-state index contributed by atoms with van der Waals surface area (Å²) in [5.74, 6) is -0.116. The Morgan fingerprint density at radius 2 is 2.11 bits per heavy atom. The van der Waals surface area contributed by atoms with E-state index in [9.17, 15) is 4.79 Å². The van der Waals surface area contributed by atoms with Crippen molar-refractivity contribution < 1.29 is 4.79 Å². The molecule has 6 heteroatoms. The average Bonchev–Trinajstić information content (AvgIpc) is 2.39. The largest absolute Gasteiger partial charge is 0.396 e. The summed E-state index contributed by atoms with van der Waals surface area (Å²) in [6.45, 7) is 0. The van der Waals surface area contributed by atoms with Crippen LogP contribution in [0, 0.1) is 0 Å². The number of amides is 1. The normalized spacial score (nSPS) is 10.1. The van der Waals surface area contributed by atoms with Gasteiger partial charge in [-0.15, -0.1) is 0 Å². The van der Waals surface area contributed by atoms with Crippen LogP contribution in [0.5, 0.6) is 0 Å². The van der Waals surface area contributed by atoms with Crippen LogP contribution < -0.4 is 16.4 Å². The highest BCUT2D eigenvalue weighted by Gasteiger charge is 2.12. The van der Waals surface area contributed by atoms with Crippen LogP contribution >= 0.6 is 0 Å². The van der Waals surface area contributed by atoms with Crippen molar-refractivity contribution in [1.82, 2.24) is 9.97 Å². The predicted molar refractivity (Wildman–Crippen MR) is 69.5 cm³/mol. The fourth-order valence-electron chi connectivity index (χ4n) is 1.54. The van der Waals surface area contributed by atoms with Crippen LogP contribution in [-0.4, -0.2) is 22.9 Å². The van der Waals surface area contributed by atoms with Crippen molar-refractivity contribution in [2.45, 2.75) is 0 Å². The number of hydrogen-bond donors (Lipinski definition) is 2. The zero-order chi connectivity index (χ0) is 13.1. The molecule has 92 valence electrons. The zero-order valence-electron chi connectivity index (χ0n) is 9.87. The highest BCUT2D eigenvalue weighted by Crippen LogP contribution is 2.26. The Morgan fingerprint density at radius 3 is 2.72 bits per heavy atom. The molecule has 0 aromatic carbocycles. The molecular weight excluding hydrogens is 230 g/mol. The fraction of sp³-hybridized carbons (Fsp3) is 0.0833. The van der Waals surface area contributed by atoms with Gasteiger partial charge in [-0.25, -0.2) is 4.98 Å². The maximum Gasteiger partial charge on any atom is 0.267 e. The number of rotatable bonds is 3. The van der Waals surface area contributed by atoms with Gasteiger partial charge in [0.05, 0.1) is 17.6 Å². The molecule has 4 N–H and O–H groups in total. The van der Waals surface area contributed by atoms with Crippen LogP contribution in [0.2, 0.25) is 0 Å². The van der Waals surface area contributed by atoms with Gasteiger partial charge < -0.3 is 16.4 Å². The molecule has 0 spiro atoms. The fourth-order valence-corrected chi connectivity index (χ4v) is 1.54. The van der Waals surface area contributed by atoms with Crippen LogP contribution in [0.1, 0.15) is 10.5 Å². The van der Waals surface area contributed by atoms with Crippen LogP contribution in [-0.2, 0) is 0 Å². The molecule has 0 saturated heterocycles. The smallest absolute Gasteiger partial charge is 0.267 e. The Balaban J connectivity index is 2.44. The Bertz CT molecular complexity index is 570. The van der Waals surface area contributed by atoms with E-state index >= 15 is 0 Å². The maximum absolute atomic E-state index is 11.1. The summed E-state index contributed by atoms with van der Waals surface area (Å²) < 4.78 is 0. The van der Waals surface area contributed by atoms with E-state index in [1.165, 1.54) is 6.07 Å². The van der Waals surface area contributed by atoms with Crippen molar-refractivity contribution in [2.75, 3.05) is 17.7 Å². The quantitative estimate of drug-likeness (QED) is 0.835. The molecule has 0 atom stereocenters.